The van der Waals surface area contributed by atoms with Gasteiger partial charge < -0.3 is 20.3 Å². The third-order valence-electron chi connectivity index (χ3n) is 12.6. The van der Waals surface area contributed by atoms with E-state index in [9.17, 15) is 19.8 Å². The molecule has 356 valence electrons. The number of carbonyl (C=O) groups is 2. The van der Waals surface area contributed by atoms with Gasteiger partial charge >= 0.3 is 5.97 Å². The number of ether oxygens (including phenoxy) is 1. The van der Waals surface area contributed by atoms with Crippen molar-refractivity contribution in [2.75, 3.05) is 13.2 Å². The average molecular weight is 848 g/mol. The van der Waals surface area contributed by atoms with E-state index in [1.807, 2.05) is 6.08 Å². The molecule has 0 heterocycles. The van der Waals surface area contributed by atoms with Crippen LogP contribution in [0.5, 0.6) is 0 Å². The van der Waals surface area contributed by atoms with Gasteiger partial charge in [-0.2, -0.15) is 0 Å². The lowest BCUT2D eigenvalue weighted by molar-refractivity contribution is -0.143. The fourth-order valence-electron chi connectivity index (χ4n) is 8.40. The summed E-state index contributed by atoms with van der Waals surface area (Å²) in [4.78, 5) is 24.5. The highest BCUT2D eigenvalue weighted by molar-refractivity contribution is 5.76. The number of esters is 1. The molecule has 0 aliphatic rings. The van der Waals surface area contributed by atoms with E-state index in [1.54, 1.807) is 6.08 Å². The molecule has 0 aliphatic heterocycles. The lowest BCUT2D eigenvalue weighted by Gasteiger charge is -2.20. The summed E-state index contributed by atoms with van der Waals surface area (Å²) in [6.45, 7) is 4.87. The summed E-state index contributed by atoms with van der Waals surface area (Å²) < 4.78 is 5.46. The molecule has 3 N–H and O–H groups in total. The first-order valence-corrected chi connectivity index (χ1v) is 27.0. The first-order valence-electron chi connectivity index (χ1n) is 27.0. The zero-order chi connectivity index (χ0) is 43.7. The molecule has 2 atom stereocenters. The first-order chi connectivity index (χ1) is 29.5. The number of aliphatic hydroxyl groups is 2. The second-order valence-corrected chi connectivity index (χ2v) is 18.6. The number of nitrogens with one attached hydrogen (secondary N) is 1. The third kappa shape index (κ3) is 46.1. The second kappa shape index (κ2) is 50.2. The Morgan fingerprint density at radius 2 is 0.767 bits per heavy atom. The molecule has 0 radical (unpaired) electrons. The van der Waals surface area contributed by atoms with Gasteiger partial charge in [-0.3, -0.25) is 9.59 Å². The molecule has 1 amide bonds. The van der Waals surface area contributed by atoms with Crippen LogP contribution in [0.15, 0.2) is 12.2 Å². The summed E-state index contributed by atoms with van der Waals surface area (Å²) in [5.41, 5.74) is 0. The SMILES string of the molecule is CCCCCCCCCCCCCCCCC/C=C/C(O)C(CO)NC(=O)CCCCCCCCCCCCOC(=O)CCCCCCCCCCCCCCCCCC. The minimum atomic E-state index is -0.858. The number of carbonyl (C=O) groups excluding carboxylic acids is 2. The van der Waals surface area contributed by atoms with Crippen LogP contribution in [-0.2, 0) is 14.3 Å². The predicted molar refractivity (Wildman–Crippen MR) is 260 cm³/mol. The molecule has 0 saturated heterocycles. The van der Waals surface area contributed by atoms with Crippen molar-refractivity contribution in [1.29, 1.82) is 0 Å². The van der Waals surface area contributed by atoms with E-state index in [2.05, 4.69) is 19.2 Å². The number of rotatable bonds is 50. The summed E-state index contributed by atoms with van der Waals surface area (Å²) in [5.74, 6) is -0.105. The van der Waals surface area contributed by atoms with Gasteiger partial charge in [-0.05, 0) is 32.1 Å². The third-order valence-corrected chi connectivity index (χ3v) is 12.6. The van der Waals surface area contributed by atoms with E-state index < -0.39 is 12.1 Å². The summed E-state index contributed by atoms with van der Waals surface area (Å²) in [6.07, 6.45) is 57.8. The van der Waals surface area contributed by atoms with Crippen LogP contribution in [0, 0.1) is 0 Å². The second-order valence-electron chi connectivity index (χ2n) is 18.6. The largest absolute Gasteiger partial charge is 0.466 e. The van der Waals surface area contributed by atoms with E-state index in [-0.39, 0.29) is 18.5 Å². The number of allylic oxidation sites excluding steroid dienone is 1. The number of hydrogen-bond donors (Lipinski definition) is 3. The minimum Gasteiger partial charge on any atom is -0.466 e. The Hall–Kier alpha value is -1.40. The molecule has 0 bridgehead atoms. The molecule has 6 nitrogen and oxygen atoms in total. The molecule has 0 aromatic heterocycles. The molecule has 2 unspecified atom stereocenters. The number of unbranched alkanes of at least 4 members (excludes halogenated alkanes) is 39. The predicted octanol–water partition coefficient (Wildman–Crippen LogP) is 16.1. The lowest BCUT2D eigenvalue weighted by atomic mass is 10.0. The molecule has 0 rings (SSSR count). The van der Waals surface area contributed by atoms with E-state index in [0.29, 0.717) is 19.4 Å². The Morgan fingerprint density at radius 1 is 0.450 bits per heavy atom. The van der Waals surface area contributed by atoms with Gasteiger partial charge in [0.05, 0.1) is 25.4 Å². The van der Waals surface area contributed by atoms with Crippen molar-refractivity contribution in [2.45, 2.75) is 309 Å². The minimum absolute atomic E-state index is 0.0169. The van der Waals surface area contributed by atoms with Crippen LogP contribution in [0.3, 0.4) is 0 Å². The van der Waals surface area contributed by atoms with Gasteiger partial charge in [0.15, 0.2) is 0 Å². The zero-order valence-corrected chi connectivity index (χ0v) is 40.5. The molecule has 60 heavy (non-hydrogen) atoms. The fraction of sp³-hybridized carbons (Fsp3) is 0.926. The Labute approximate surface area is 374 Å². The maximum atomic E-state index is 12.4. The van der Waals surface area contributed by atoms with Crippen molar-refractivity contribution < 1.29 is 24.5 Å². The molecule has 6 heteroatoms. The highest BCUT2D eigenvalue weighted by atomic mass is 16.5. The Balaban J connectivity index is 3.49. The lowest BCUT2D eigenvalue weighted by Crippen LogP contribution is -2.45. The van der Waals surface area contributed by atoms with Gasteiger partial charge in [-0.25, -0.2) is 0 Å². The van der Waals surface area contributed by atoms with E-state index in [4.69, 9.17) is 4.74 Å². The number of hydrogen-bond acceptors (Lipinski definition) is 5. The van der Waals surface area contributed by atoms with Gasteiger partial charge in [0.25, 0.3) is 0 Å². The standard InChI is InChI=1S/C54H105NO5/c1-3-5-7-9-11-13-15-17-19-21-22-24-26-30-34-38-42-46-52(57)51(50-56)55-53(58)47-43-39-35-31-28-29-33-37-41-45-49-60-54(59)48-44-40-36-32-27-25-23-20-18-16-14-12-10-8-6-4-2/h42,46,51-52,56-57H,3-41,43-45,47-50H2,1-2H3,(H,55,58)/b46-42+. The van der Waals surface area contributed by atoms with Crippen molar-refractivity contribution in [3.05, 3.63) is 12.2 Å². The van der Waals surface area contributed by atoms with Crippen molar-refractivity contribution in [3.8, 4) is 0 Å². The average Bonchev–Trinajstić information content (AvgIpc) is 3.25. The van der Waals surface area contributed by atoms with E-state index in [0.717, 1.165) is 57.8 Å². The highest BCUT2D eigenvalue weighted by Gasteiger charge is 2.18. The molecule has 0 aromatic carbocycles. The van der Waals surface area contributed by atoms with Crippen molar-refractivity contribution >= 4 is 11.9 Å². The van der Waals surface area contributed by atoms with Gasteiger partial charge in [-0.1, -0.05) is 264 Å². The first kappa shape index (κ1) is 58.6. The van der Waals surface area contributed by atoms with Crippen molar-refractivity contribution in [3.63, 3.8) is 0 Å². The summed E-state index contributed by atoms with van der Waals surface area (Å²) >= 11 is 0. The molecular weight excluding hydrogens is 743 g/mol. The Bertz CT molecular complexity index is 893. The summed E-state index contributed by atoms with van der Waals surface area (Å²) in [6, 6.07) is -0.643. The summed E-state index contributed by atoms with van der Waals surface area (Å²) in [5, 5.41) is 23.1. The highest BCUT2D eigenvalue weighted by Crippen LogP contribution is 2.17. The molecule has 0 spiro atoms. The molecule has 0 saturated carbocycles. The van der Waals surface area contributed by atoms with Crippen molar-refractivity contribution in [1.82, 2.24) is 5.32 Å². The zero-order valence-electron chi connectivity index (χ0n) is 40.5. The van der Waals surface area contributed by atoms with Crippen LogP contribution < -0.4 is 5.32 Å². The van der Waals surface area contributed by atoms with Crippen molar-refractivity contribution in [2.24, 2.45) is 0 Å². The normalized spacial score (nSPS) is 12.7. The maximum Gasteiger partial charge on any atom is 0.305 e. The van der Waals surface area contributed by atoms with Crippen LogP contribution in [0.2, 0.25) is 0 Å². The number of aliphatic hydroxyl groups excluding tert-OH is 2. The Morgan fingerprint density at radius 3 is 1.13 bits per heavy atom. The van der Waals surface area contributed by atoms with Gasteiger partial charge in [0.2, 0.25) is 5.91 Å². The van der Waals surface area contributed by atoms with Gasteiger partial charge in [0.1, 0.15) is 0 Å². The molecule has 0 aliphatic carbocycles. The van der Waals surface area contributed by atoms with E-state index >= 15 is 0 Å². The molecule has 0 fully saturated rings. The van der Waals surface area contributed by atoms with Crippen LogP contribution in [0.1, 0.15) is 296 Å². The van der Waals surface area contributed by atoms with Gasteiger partial charge in [0, 0.05) is 12.8 Å². The maximum absolute atomic E-state index is 12.4. The van der Waals surface area contributed by atoms with Crippen LogP contribution in [-0.4, -0.2) is 47.4 Å². The number of amides is 1. The smallest absolute Gasteiger partial charge is 0.305 e. The molecule has 0 aromatic rings. The van der Waals surface area contributed by atoms with Gasteiger partial charge in [-0.15, -0.1) is 0 Å². The topological polar surface area (TPSA) is 95.9 Å². The Kier molecular flexibility index (Phi) is 49.1. The van der Waals surface area contributed by atoms with Crippen LogP contribution >= 0.6 is 0 Å². The van der Waals surface area contributed by atoms with Crippen LogP contribution in [0.4, 0.5) is 0 Å². The quantitative estimate of drug-likeness (QED) is 0.0322. The summed E-state index contributed by atoms with van der Waals surface area (Å²) in [7, 11) is 0. The molecular formula is C54H105NO5. The van der Waals surface area contributed by atoms with Crippen LogP contribution in [0.25, 0.3) is 0 Å². The fourth-order valence-corrected chi connectivity index (χ4v) is 8.40. The van der Waals surface area contributed by atoms with E-state index in [1.165, 1.54) is 212 Å². The monoisotopic (exact) mass is 848 g/mol.